The van der Waals surface area contributed by atoms with E-state index in [9.17, 15) is 14.7 Å². The van der Waals surface area contributed by atoms with E-state index in [1.807, 2.05) is 24.3 Å². The van der Waals surface area contributed by atoms with Crippen LogP contribution in [0.25, 0.3) is 10.9 Å². The number of aromatic amines is 1. The number of H-pyrrole nitrogens is 1. The van der Waals surface area contributed by atoms with E-state index in [0.29, 0.717) is 13.2 Å². The van der Waals surface area contributed by atoms with Crippen LogP contribution in [0.3, 0.4) is 0 Å². The van der Waals surface area contributed by atoms with Crippen LogP contribution in [-0.2, 0) is 25.5 Å². The molecule has 1 amide bonds. The summed E-state index contributed by atoms with van der Waals surface area (Å²) in [5.41, 5.74) is 1.77. The number of carboxylic acids is 1. The minimum absolute atomic E-state index is 0.144. The molecule has 2 atom stereocenters. The minimum atomic E-state index is -1.08. The number of amides is 1. The first-order valence-corrected chi connectivity index (χ1v) is 7.42. The second-order valence-electron chi connectivity index (χ2n) is 5.40. The monoisotopic (exact) mass is 318 g/mol. The Bertz CT molecular complexity index is 705. The molecule has 2 aromatic rings. The minimum Gasteiger partial charge on any atom is -0.480 e. The van der Waals surface area contributed by atoms with Gasteiger partial charge in [-0.2, -0.15) is 0 Å². The van der Waals surface area contributed by atoms with Crippen molar-refractivity contribution in [3.05, 3.63) is 36.0 Å². The van der Waals surface area contributed by atoms with Crippen molar-refractivity contribution in [3.8, 4) is 0 Å². The SMILES string of the molecule is O=C(O)[C@@H](Cc1c[nH]c2ccccc12)NC(=O)[C@H]1COCCO1. The Morgan fingerprint density at radius 1 is 1.35 bits per heavy atom. The lowest BCUT2D eigenvalue weighted by Gasteiger charge is -2.24. The Hall–Kier alpha value is -2.38. The van der Waals surface area contributed by atoms with E-state index < -0.39 is 24.0 Å². The molecule has 0 unspecified atom stereocenters. The number of carbonyl (C=O) groups is 2. The second kappa shape index (κ2) is 6.80. The van der Waals surface area contributed by atoms with Gasteiger partial charge in [0.15, 0.2) is 6.10 Å². The van der Waals surface area contributed by atoms with E-state index in [4.69, 9.17) is 9.47 Å². The van der Waals surface area contributed by atoms with Crippen molar-refractivity contribution < 1.29 is 24.2 Å². The van der Waals surface area contributed by atoms with Crippen LogP contribution in [-0.4, -0.2) is 53.9 Å². The molecule has 0 saturated carbocycles. The van der Waals surface area contributed by atoms with Crippen molar-refractivity contribution in [2.45, 2.75) is 18.6 Å². The Balaban J connectivity index is 1.71. The molecule has 2 heterocycles. The summed E-state index contributed by atoms with van der Waals surface area (Å²) in [6.07, 6.45) is 1.21. The van der Waals surface area contributed by atoms with Crippen LogP contribution in [0, 0.1) is 0 Å². The smallest absolute Gasteiger partial charge is 0.326 e. The predicted molar refractivity (Wildman–Crippen MR) is 82.1 cm³/mol. The van der Waals surface area contributed by atoms with Crippen LogP contribution in [0.1, 0.15) is 5.56 Å². The van der Waals surface area contributed by atoms with Gasteiger partial charge in [-0.3, -0.25) is 4.79 Å². The number of aliphatic carboxylic acids is 1. The Kier molecular flexibility index (Phi) is 4.59. The van der Waals surface area contributed by atoms with Gasteiger partial charge in [0, 0.05) is 23.5 Å². The van der Waals surface area contributed by atoms with Crippen LogP contribution in [0.15, 0.2) is 30.5 Å². The summed E-state index contributed by atoms with van der Waals surface area (Å²) in [7, 11) is 0. The molecular weight excluding hydrogens is 300 g/mol. The van der Waals surface area contributed by atoms with Crippen LogP contribution < -0.4 is 5.32 Å². The molecule has 0 spiro atoms. The first-order valence-electron chi connectivity index (χ1n) is 7.42. The zero-order valence-corrected chi connectivity index (χ0v) is 12.5. The van der Waals surface area contributed by atoms with Crippen molar-refractivity contribution in [1.29, 1.82) is 0 Å². The molecule has 1 fully saturated rings. The number of aromatic nitrogens is 1. The normalized spacial score (nSPS) is 19.4. The molecule has 1 aliphatic heterocycles. The average molecular weight is 318 g/mol. The first kappa shape index (κ1) is 15.5. The molecule has 122 valence electrons. The molecule has 0 bridgehead atoms. The second-order valence-corrected chi connectivity index (χ2v) is 5.40. The fourth-order valence-corrected chi connectivity index (χ4v) is 2.62. The third-order valence-corrected chi connectivity index (χ3v) is 3.82. The zero-order valence-electron chi connectivity index (χ0n) is 12.5. The molecule has 7 heteroatoms. The molecule has 1 saturated heterocycles. The number of para-hydroxylation sites is 1. The van der Waals surface area contributed by atoms with Gasteiger partial charge in [-0.1, -0.05) is 18.2 Å². The summed E-state index contributed by atoms with van der Waals surface area (Å²) in [5.74, 6) is -1.54. The van der Waals surface area contributed by atoms with Crippen molar-refractivity contribution in [2.24, 2.45) is 0 Å². The lowest BCUT2D eigenvalue weighted by molar-refractivity contribution is -0.152. The van der Waals surface area contributed by atoms with Gasteiger partial charge in [0.05, 0.1) is 19.8 Å². The molecule has 23 heavy (non-hydrogen) atoms. The maximum Gasteiger partial charge on any atom is 0.326 e. The molecule has 0 radical (unpaired) electrons. The fourth-order valence-electron chi connectivity index (χ4n) is 2.62. The van der Waals surface area contributed by atoms with Gasteiger partial charge in [0.2, 0.25) is 0 Å². The predicted octanol–water partition coefficient (Wildman–Crippen LogP) is 0.695. The van der Waals surface area contributed by atoms with Gasteiger partial charge < -0.3 is 24.9 Å². The number of hydrogen-bond acceptors (Lipinski definition) is 4. The number of ether oxygens (including phenoxy) is 2. The molecule has 3 rings (SSSR count). The van der Waals surface area contributed by atoms with E-state index in [0.717, 1.165) is 16.5 Å². The van der Waals surface area contributed by atoms with Gasteiger partial charge in [0.1, 0.15) is 6.04 Å². The summed E-state index contributed by atoms with van der Waals surface area (Å²) in [4.78, 5) is 26.7. The first-order chi connectivity index (χ1) is 11.1. The topological polar surface area (TPSA) is 101 Å². The van der Waals surface area contributed by atoms with Gasteiger partial charge in [-0.05, 0) is 11.6 Å². The summed E-state index contributed by atoms with van der Waals surface area (Å²) in [5, 5.41) is 12.9. The highest BCUT2D eigenvalue weighted by Crippen LogP contribution is 2.19. The number of nitrogens with one attached hydrogen (secondary N) is 2. The van der Waals surface area contributed by atoms with Gasteiger partial charge in [-0.15, -0.1) is 0 Å². The third-order valence-electron chi connectivity index (χ3n) is 3.82. The van der Waals surface area contributed by atoms with Gasteiger partial charge in [0.25, 0.3) is 5.91 Å². The zero-order chi connectivity index (χ0) is 16.2. The Labute approximate surface area is 132 Å². The molecule has 1 aromatic heterocycles. The number of benzene rings is 1. The standard InChI is InChI=1S/C16H18N2O5/c19-15(14-9-22-5-6-23-14)18-13(16(20)21)7-10-8-17-12-4-2-1-3-11(10)12/h1-4,8,13-14,17H,5-7,9H2,(H,18,19)(H,20,21)/t13-,14-/m1/s1. The van der Waals surface area contributed by atoms with Crippen LogP contribution in [0.4, 0.5) is 0 Å². The van der Waals surface area contributed by atoms with Gasteiger partial charge in [-0.25, -0.2) is 4.79 Å². The van der Waals surface area contributed by atoms with Crippen molar-refractivity contribution in [1.82, 2.24) is 10.3 Å². The van der Waals surface area contributed by atoms with Crippen molar-refractivity contribution >= 4 is 22.8 Å². The van der Waals surface area contributed by atoms with Crippen molar-refractivity contribution in [3.63, 3.8) is 0 Å². The molecule has 3 N–H and O–H groups in total. The lowest BCUT2D eigenvalue weighted by Crippen LogP contribution is -2.50. The van der Waals surface area contributed by atoms with E-state index in [-0.39, 0.29) is 13.0 Å². The molecule has 7 nitrogen and oxygen atoms in total. The maximum absolute atomic E-state index is 12.1. The Morgan fingerprint density at radius 2 is 2.17 bits per heavy atom. The van der Waals surface area contributed by atoms with E-state index in [1.54, 1.807) is 6.20 Å². The maximum atomic E-state index is 12.1. The average Bonchev–Trinajstić information content (AvgIpc) is 2.98. The highest BCUT2D eigenvalue weighted by molar-refractivity contribution is 5.88. The summed E-state index contributed by atoms with van der Waals surface area (Å²) < 4.78 is 10.5. The van der Waals surface area contributed by atoms with Crippen molar-refractivity contribution in [2.75, 3.05) is 19.8 Å². The highest BCUT2D eigenvalue weighted by atomic mass is 16.6. The fraction of sp³-hybridized carbons (Fsp3) is 0.375. The molecule has 1 aromatic carbocycles. The van der Waals surface area contributed by atoms with Crippen LogP contribution in [0.5, 0.6) is 0 Å². The van der Waals surface area contributed by atoms with Crippen LogP contribution >= 0.6 is 0 Å². The molecule has 1 aliphatic rings. The lowest BCUT2D eigenvalue weighted by atomic mass is 10.0. The van der Waals surface area contributed by atoms with Gasteiger partial charge >= 0.3 is 5.97 Å². The van der Waals surface area contributed by atoms with E-state index >= 15 is 0 Å². The summed E-state index contributed by atoms with van der Waals surface area (Å²) in [6.45, 7) is 0.922. The largest absolute Gasteiger partial charge is 0.480 e. The van der Waals surface area contributed by atoms with E-state index in [2.05, 4.69) is 10.3 Å². The number of hydrogen-bond donors (Lipinski definition) is 3. The number of carbonyl (C=O) groups excluding carboxylic acids is 1. The summed E-state index contributed by atoms with van der Waals surface area (Å²) in [6, 6.07) is 6.61. The molecular formula is C16H18N2O5. The number of carboxylic acid groups (broad SMARTS) is 1. The Morgan fingerprint density at radius 3 is 2.91 bits per heavy atom. The van der Waals surface area contributed by atoms with E-state index in [1.165, 1.54) is 0 Å². The molecule has 0 aliphatic carbocycles. The quantitative estimate of drug-likeness (QED) is 0.753. The number of rotatable bonds is 5. The highest BCUT2D eigenvalue weighted by Gasteiger charge is 2.28. The number of fused-ring (bicyclic) bond motifs is 1. The summed E-state index contributed by atoms with van der Waals surface area (Å²) >= 11 is 0. The third kappa shape index (κ3) is 3.52. The van der Waals surface area contributed by atoms with Crippen LogP contribution in [0.2, 0.25) is 0 Å².